The van der Waals surface area contributed by atoms with E-state index >= 15 is 0 Å². The average molecular weight is 207 g/mol. The number of furan rings is 1. The van der Waals surface area contributed by atoms with Gasteiger partial charge in [-0.1, -0.05) is 0 Å². The number of hydrogen-bond acceptors (Lipinski definition) is 4. The van der Waals surface area contributed by atoms with E-state index in [1.165, 1.54) is 12.6 Å². The van der Waals surface area contributed by atoms with Crippen LogP contribution in [0.1, 0.15) is 18.3 Å². The van der Waals surface area contributed by atoms with Crippen molar-refractivity contribution >= 4 is 0 Å². The molecule has 80 valence electrons. The first kappa shape index (κ1) is 9.92. The third-order valence-corrected chi connectivity index (χ3v) is 2.45. The summed E-state index contributed by atoms with van der Waals surface area (Å²) >= 11 is 0. The molecule has 5 heteroatoms. The Kier molecular flexibility index (Phi) is 2.32. The Morgan fingerprint density at radius 2 is 2.40 bits per heavy atom. The smallest absolute Gasteiger partial charge is 0.138 e. The van der Waals surface area contributed by atoms with Crippen molar-refractivity contribution in [2.45, 2.75) is 18.9 Å². The van der Waals surface area contributed by atoms with Crippen LogP contribution in [0, 0.1) is 0 Å². The molecule has 0 bridgehead atoms. The summed E-state index contributed by atoms with van der Waals surface area (Å²) in [5.41, 5.74) is -0.237. The van der Waals surface area contributed by atoms with Crippen molar-refractivity contribution in [2.75, 3.05) is 0 Å². The maximum Gasteiger partial charge on any atom is 0.138 e. The fraction of sp³-hybridized carbons (Fsp3) is 0.400. The van der Waals surface area contributed by atoms with Crippen LogP contribution in [-0.2, 0) is 19.1 Å². The molecular weight excluding hydrogens is 194 g/mol. The van der Waals surface area contributed by atoms with Crippen molar-refractivity contribution in [1.82, 2.24) is 14.8 Å². The van der Waals surface area contributed by atoms with E-state index in [0.717, 1.165) is 11.4 Å². The van der Waals surface area contributed by atoms with Crippen LogP contribution in [0.5, 0.6) is 0 Å². The lowest BCUT2D eigenvalue weighted by Gasteiger charge is -2.20. The Labute approximate surface area is 87.4 Å². The molecule has 0 saturated heterocycles. The summed E-state index contributed by atoms with van der Waals surface area (Å²) in [4.78, 5) is 4.07. The minimum atomic E-state index is -0.978. The van der Waals surface area contributed by atoms with Crippen LogP contribution < -0.4 is 0 Å². The van der Waals surface area contributed by atoms with Crippen molar-refractivity contribution in [3.63, 3.8) is 0 Å². The molecule has 0 amide bonds. The van der Waals surface area contributed by atoms with E-state index in [-0.39, 0.29) is 0 Å². The highest BCUT2D eigenvalue weighted by Crippen LogP contribution is 2.24. The van der Waals surface area contributed by atoms with E-state index < -0.39 is 5.60 Å². The van der Waals surface area contributed by atoms with Crippen molar-refractivity contribution < 1.29 is 9.52 Å². The van der Waals surface area contributed by atoms with Gasteiger partial charge >= 0.3 is 0 Å². The summed E-state index contributed by atoms with van der Waals surface area (Å²) in [6, 6.07) is 1.75. The number of rotatable bonds is 3. The van der Waals surface area contributed by atoms with Crippen molar-refractivity contribution in [1.29, 1.82) is 0 Å². The minimum Gasteiger partial charge on any atom is -0.472 e. The fourth-order valence-electron chi connectivity index (χ4n) is 1.46. The van der Waals surface area contributed by atoms with Gasteiger partial charge in [-0.05, 0) is 13.0 Å². The number of aliphatic hydroxyl groups is 1. The van der Waals surface area contributed by atoms with Crippen LogP contribution in [0.4, 0.5) is 0 Å². The summed E-state index contributed by atoms with van der Waals surface area (Å²) in [6.07, 6.45) is 4.96. The predicted molar refractivity (Wildman–Crippen MR) is 53.0 cm³/mol. The van der Waals surface area contributed by atoms with Gasteiger partial charge in [0.1, 0.15) is 12.2 Å². The summed E-state index contributed by atoms with van der Waals surface area (Å²) in [5, 5.41) is 14.2. The molecule has 1 atom stereocenters. The molecule has 1 N–H and O–H groups in total. The SMILES string of the molecule is Cn1ncnc1CC(C)(O)c1ccoc1. The maximum absolute atomic E-state index is 10.2. The summed E-state index contributed by atoms with van der Waals surface area (Å²) in [6.45, 7) is 1.73. The van der Waals surface area contributed by atoms with E-state index in [2.05, 4.69) is 10.1 Å². The minimum absolute atomic E-state index is 0.406. The Bertz CT molecular complexity index is 431. The zero-order chi connectivity index (χ0) is 10.9. The number of aryl methyl sites for hydroxylation is 1. The van der Waals surface area contributed by atoms with Gasteiger partial charge in [-0.15, -0.1) is 0 Å². The van der Waals surface area contributed by atoms with Crippen LogP contribution in [0.2, 0.25) is 0 Å². The molecule has 0 radical (unpaired) electrons. The molecule has 2 aromatic rings. The first-order chi connectivity index (χ1) is 7.09. The van der Waals surface area contributed by atoms with Crippen molar-refractivity contribution in [3.05, 3.63) is 36.3 Å². The highest BCUT2D eigenvalue weighted by Gasteiger charge is 2.26. The van der Waals surface area contributed by atoms with Gasteiger partial charge in [-0.2, -0.15) is 5.10 Å². The van der Waals surface area contributed by atoms with Gasteiger partial charge in [0.15, 0.2) is 0 Å². The Morgan fingerprint density at radius 1 is 1.60 bits per heavy atom. The zero-order valence-corrected chi connectivity index (χ0v) is 8.71. The largest absolute Gasteiger partial charge is 0.472 e. The highest BCUT2D eigenvalue weighted by atomic mass is 16.3. The molecule has 0 aliphatic heterocycles. The van der Waals surface area contributed by atoms with E-state index in [4.69, 9.17) is 4.42 Å². The lowest BCUT2D eigenvalue weighted by molar-refractivity contribution is 0.0539. The highest BCUT2D eigenvalue weighted by molar-refractivity contribution is 5.16. The zero-order valence-electron chi connectivity index (χ0n) is 8.71. The fourth-order valence-corrected chi connectivity index (χ4v) is 1.46. The normalized spacial score (nSPS) is 15.1. The van der Waals surface area contributed by atoms with Crippen LogP contribution in [0.3, 0.4) is 0 Å². The lowest BCUT2D eigenvalue weighted by atomic mass is 9.95. The second-order valence-corrected chi connectivity index (χ2v) is 3.76. The Morgan fingerprint density at radius 3 is 2.93 bits per heavy atom. The van der Waals surface area contributed by atoms with E-state index in [9.17, 15) is 5.11 Å². The third kappa shape index (κ3) is 1.92. The van der Waals surface area contributed by atoms with Crippen LogP contribution in [0.15, 0.2) is 29.3 Å². The van der Waals surface area contributed by atoms with Gasteiger partial charge in [-0.3, -0.25) is 4.68 Å². The molecule has 0 saturated carbocycles. The molecule has 1 unspecified atom stereocenters. The van der Waals surface area contributed by atoms with Crippen LogP contribution in [-0.4, -0.2) is 19.9 Å². The molecule has 0 fully saturated rings. The second kappa shape index (κ2) is 3.51. The molecule has 15 heavy (non-hydrogen) atoms. The molecule has 0 spiro atoms. The van der Waals surface area contributed by atoms with Crippen molar-refractivity contribution in [3.8, 4) is 0 Å². The summed E-state index contributed by atoms with van der Waals surface area (Å²) in [7, 11) is 1.80. The maximum atomic E-state index is 10.2. The topological polar surface area (TPSA) is 64.1 Å². The Balaban J connectivity index is 2.22. The van der Waals surface area contributed by atoms with Gasteiger partial charge in [0, 0.05) is 19.0 Å². The summed E-state index contributed by atoms with van der Waals surface area (Å²) in [5.74, 6) is 0.737. The number of aromatic nitrogens is 3. The molecule has 2 aromatic heterocycles. The number of nitrogens with zero attached hydrogens (tertiary/aromatic N) is 3. The standard InChI is InChI=1S/C10H13N3O2/c1-10(14,8-3-4-15-6-8)5-9-11-7-12-13(9)2/h3-4,6-7,14H,5H2,1-2H3. The first-order valence-electron chi connectivity index (χ1n) is 4.67. The molecule has 0 aliphatic rings. The van der Waals surface area contributed by atoms with E-state index in [0.29, 0.717) is 6.42 Å². The molecule has 0 aliphatic carbocycles. The van der Waals surface area contributed by atoms with Crippen LogP contribution >= 0.6 is 0 Å². The van der Waals surface area contributed by atoms with Gasteiger partial charge < -0.3 is 9.52 Å². The summed E-state index contributed by atoms with van der Waals surface area (Å²) < 4.78 is 6.59. The monoisotopic (exact) mass is 207 g/mol. The van der Waals surface area contributed by atoms with Gasteiger partial charge in [0.25, 0.3) is 0 Å². The van der Waals surface area contributed by atoms with Gasteiger partial charge in [-0.25, -0.2) is 4.98 Å². The number of hydrogen-bond donors (Lipinski definition) is 1. The van der Waals surface area contributed by atoms with Crippen molar-refractivity contribution in [2.24, 2.45) is 7.05 Å². The first-order valence-corrected chi connectivity index (χ1v) is 4.67. The van der Waals surface area contributed by atoms with Gasteiger partial charge in [0.05, 0.1) is 18.1 Å². The predicted octanol–water partition coefficient (Wildman–Crippen LogP) is 0.858. The Hall–Kier alpha value is -1.62. The molecule has 5 nitrogen and oxygen atoms in total. The molecule has 2 rings (SSSR count). The quantitative estimate of drug-likeness (QED) is 0.810. The molecule has 2 heterocycles. The van der Waals surface area contributed by atoms with E-state index in [1.807, 2.05) is 0 Å². The van der Waals surface area contributed by atoms with E-state index in [1.54, 1.807) is 31.0 Å². The third-order valence-electron chi connectivity index (χ3n) is 2.45. The molecular formula is C10H13N3O2. The average Bonchev–Trinajstić information content (AvgIpc) is 2.77. The van der Waals surface area contributed by atoms with Gasteiger partial charge in [0.2, 0.25) is 0 Å². The molecule has 0 aromatic carbocycles. The second-order valence-electron chi connectivity index (χ2n) is 3.76. The van der Waals surface area contributed by atoms with Crippen LogP contribution in [0.25, 0.3) is 0 Å². The lowest BCUT2D eigenvalue weighted by Crippen LogP contribution is -2.25.